The zero-order valence-corrected chi connectivity index (χ0v) is 11.1. The second-order valence-corrected chi connectivity index (χ2v) is 5.06. The molecule has 0 spiro atoms. The van der Waals surface area contributed by atoms with E-state index in [1.54, 1.807) is 12.1 Å². The third-order valence-corrected chi connectivity index (χ3v) is 3.50. The van der Waals surface area contributed by atoms with Crippen LogP contribution in [0.25, 0.3) is 0 Å². The number of carbonyl (C=O) groups is 2. The monoisotopic (exact) mass is 279 g/mol. The Morgan fingerprint density at radius 2 is 2.15 bits per heavy atom. The molecule has 0 saturated carbocycles. The summed E-state index contributed by atoms with van der Waals surface area (Å²) in [7, 11) is 0. The number of nitrogens with one attached hydrogen (secondary N) is 1. The minimum absolute atomic E-state index is 0.196. The molecule has 2 rings (SSSR count). The highest BCUT2D eigenvalue weighted by Gasteiger charge is 2.24. The molecule has 0 aromatic heterocycles. The number of halogens is 1. The fraction of sp³-hybridized carbons (Fsp3) is 0.429. The third kappa shape index (κ3) is 3.77. The van der Waals surface area contributed by atoms with Crippen molar-refractivity contribution in [2.75, 3.05) is 19.6 Å². The maximum atomic E-state index is 13.5. The van der Waals surface area contributed by atoms with Crippen LogP contribution in [0.4, 0.5) is 4.39 Å². The topological polar surface area (TPSA) is 75.4 Å². The summed E-state index contributed by atoms with van der Waals surface area (Å²) in [5, 5.41) is 2.51. The van der Waals surface area contributed by atoms with Crippen LogP contribution in [-0.4, -0.2) is 36.3 Å². The van der Waals surface area contributed by atoms with Gasteiger partial charge in [-0.2, -0.15) is 0 Å². The van der Waals surface area contributed by atoms with Gasteiger partial charge in [0.15, 0.2) is 0 Å². The Bertz CT molecular complexity index is 507. The molecule has 1 atom stereocenters. The van der Waals surface area contributed by atoms with E-state index in [1.807, 2.05) is 6.07 Å². The Kier molecular flexibility index (Phi) is 4.68. The van der Waals surface area contributed by atoms with E-state index in [-0.39, 0.29) is 11.7 Å². The highest BCUT2D eigenvalue weighted by molar-refractivity contribution is 6.34. The predicted molar refractivity (Wildman–Crippen MR) is 72.0 cm³/mol. The average Bonchev–Trinajstić information content (AvgIpc) is 2.86. The highest BCUT2D eigenvalue weighted by atomic mass is 19.1. The lowest BCUT2D eigenvalue weighted by atomic mass is 10.1. The van der Waals surface area contributed by atoms with Crippen molar-refractivity contribution in [2.45, 2.75) is 13.0 Å². The van der Waals surface area contributed by atoms with E-state index in [9.17, 15) is 14.0 Å². The first-order valence-corrected chi connectivity index (χ1v) is 6.59. The lowest BCUT2D eigenvalue weighted by molar-refractivity contribution is -0.137. The van der Waals surface area contributed by atoms with Crippen molar-refractivity contribution >= 4 is 11.8 Å². The lowest BCUT2D eigenvalue weighted by Gasteiger charge is -2.16. The molecule has 1 aromatic rings. The first-order chi connectivity index (χ1) is 9.56. The van der Waals surface area contributed by atoms with Gasteiger partial charge in [-0.25, -0.2) is 4.39 Å². The molecule has 0 bridgehead atoms. The average molecular weight is 279 g/mol. The Morgan fingerprint density at radius 3 is 2.85 bits per heavy atom. The maximum absolute atomic E-state index is 13.5. The Morgan fingerprint density at radius 1 is 1.40 bits per heavy atom. The molecule has 1 fully saturated rings. The number of rotatable bonds is 4. The highest BCUT2D eigenvalue weighted by Crippen LogP contribution is 2.19. The quantitative estimate of drug-likeness (QED) is 0.776. The van der Waals surface area contributed by atoms with Gasteiger partial charge in [-0.1, -0.05) is 18.2 Å². The van der Waals surface area contributed by atoms with Crippen molar-refractivity contribution in [3.8, 4) is 0 Å². The number of nitrogens with two attached hydrogens (primary N) is 1. The van der Waals surface area contributed by atoms with E-state index >= 15 is 0 Å². The second kappa shape index (κ2) is 6.47. The molecule has 0 radical (unpaired) electrons. The van der Waals surface area contributed by atoms with Crippen molar-refractivity contribution < 1.29 is 14.0 Å². The van der Waals surface area contributed by atoms with E-state index in [1.165, 1.54) is 6.07 Å². The van der Waals surface area contributed by atoms with Gasteiger partial charge in [-0.3, -0.25) is 14.5 Å². The number of benzene rings is 1. The summed E-state index contributed by atoms with van der Waals surface area (Å²) >= 11 is 0. The first-order valence-electron chi connectivity index (χ1n) is 6.59. The fourth-order valence-corrected chi connectivity index (χ4v) is 2.41. The molecule has 5 nitrogen and oxygen atoms in total. The standard InChI is InChI=1S/C14H18FN3O2/c15-12-4-2-1-3-11(12)9-18-6-5-10(8-18)7-17-14(20)13(16)19/h1-4,10H,5-9H2,(H2,16,19)(H,17,20)/t10-/m0/s1. The summed E-state index contributed by atoms with van der Waals surface area (Å²) in [6.45, 7) is 2.61. The molecule has 1 heterocycles. The van der Waals surface area contributed by atoms with Crippen LogP contribution in [0, 0.1) is 11.7 Å². The predicted octanol–water partition coefficient (Wildman–Crippen LogP) is 0.249. The van der Waals surface area contributed by atoms with Gasteiger partial charge in [-0.05, 0) is 24.9 Å². The second-order valence-electron chi connectivity index (χ2n) is 5.06. The number of nitrogens with zero attached hydrogens (tertiary/aromatic N) is 1. The van der Waals surface area contributed by atoms with Crippen molar-refractivity contribution in [1.29, 1.82) is 0 Å². The molecule has 108 valence electrons. The van der Waals surface area contributed by atoms with E-state index in [0.717, 1.165) is 19.5 Å². The number of likely N-dealkylation sites (tertiary alicyclic amines) is 1. The first kappa shape index (κ1) is 14.5. The molecular weight excluding hydrogens is 261 g/mol. The zero-order valence-electron chi connectivity index (χ0n) is 11.1. The van der Waals surface area contributed by atoms with E-state index in [0.29, 0.717) is 18.7 Å². The summed E-state index contributed by atoms with van der Waals surface area (Å²) in [4.78, 5) is 23.8. The minimum atomic E-state index is -0.966. The van der Waals surface area contributed by atoms with Crippen molar-refractivity contribution in [2.24, 2.45) is 11.7 Å². The van der Waals surface area contributed by atoms with Crippen molar-refractivity contribution in [3.05, 3.63) is 35.6 Å². The smallest absolute Gasteiger partial charge is 0.309 e. The Balaban J connectivity index is 1.79. The Labute approximate surface area is 116 Å². The lowest BCUT2D eigenvalue weighted by Crippen LogP contribution is -2.39. The molecule has 1 aliphatic heterocycles. The summed E-state index contributed by atoms with van der Waals surface area (Å²) < 4.78 is 13.5. The number of hydrogen-bond acceptors (Lipinski definition) is 3. The number of carbonyl (C=O) groups excluding carboxylic acids is 2. The van der Waals surface area contributed by atoms with Crippen LogP contribution in [0.3, 0.4) is 0 Å². The number of hydrogen-bond donors (Lipinski definition) is 2. The largest absolute Gasteiger partial charge is 0.361 e. The van der Waals surface area contributed by atoms with E-state index in [2.05, 4.69) is 10.2 Å². The molecular formula is C14H18FN3O2. The van der Waals surface area contributed by atoms with Gasteiger partial charge in [0, 0.05) is 25.2 Å². The maximum Gasteiger partial charge on any atom is 0.309 e. The molecule has 6 heteroatoms. The van der Waals surface area contributed by atoms with E-state index < -0.39 is 11.8 Å². The van der Waals surface area contributed by atoms with E-state index in [4.69, 9.17) is 5.73 Å². The zero-order chi connectivity index (χ0) is 14.5. The van der Waals surface area contributed by atoms with Crippen LogP contribution in [0.15, 0.2) is 24.3 Å². The summed E-state index contributed by atoms with van der Waals surface area (Å²) in [5.74, 6) is -1.65. The van der Waals surface area contributed by atoms with Gasteiger partial charge >= 0.3 is 11.8 Å². The van der Waals surface area contributed by atoms with Crippen molar-refractivity contribution in [1.82, 2.24) is 10.2 Å². The Hall–Kier alpha value is -1.95. The summed E-state index contributed by atoms with van der Waals surface area (Å²) in [5.41, 5.74) is 5.54. The van der Waals surface area contributed by atoms with Gasteiger partial charge in [0.1, 0.15) is 5.82 Å². The van der Waals surface area contributed by atoms with Crippen LogP contribution < -0.4 is 11.1 Å². The van der Waals surface area contributed by atoms with Gasteiger partial charge < -0.3 is 11.1 Å². The van der Waals surface area contributed by atoms with Crippen LogP contribution in [0.2, 0.25) is 0 Å². The normalized spacial score (nSPS) is 18.9. The molecule has 1 aliphatic rings. The molecule has 1 saturated heterocycles. The van der Waals surface area contributed by atoms with Crippen LogP contribution >= 0.6 is 0 Å². The summed E-state index contributed by atoms with van der Waals surface area (Å²) in [6, 6.07) is 6.72. The third-order valence-electron chi connectivity index (χ3n) is 3.50. The molecule has 1 aromatic carbocycles. The van der Waals surface area contributed by atoms with Gasteiger partial charge in [0.2, 0.25) is 0 Å². The molecule has 20 heavy (non-hydrogen) atoms. The number of amides is 2. The fourth-order valence-electron chi connectivity index (χ4n) is 2.41. The minimum Gasteiger partial charge on any atom is -0.361 e. The van der Waals surface area contributed by atoms with Crippen LogP contribution in [0.1, 0.15) is 12.0 Å². The molecule has 0 aliphatic carbocycles. The number of primary amides is 1. The molecule has 2 amide bonds. The molecule has 3 N–H and O–H groups in total. The van der Waals surface area contributed by atoms with Gasteiger partial charge in [0.25, 0.3) is 0 Å². The van der Waals surface area contributed by atoms with Crippen LogP contribution in [0.5, 0.6) is 0 Å². The van der Waals surface area contributed by atoms with Crippen LogP contribution in [-0.2, 0) is 16.1 Å². The van der Waals surface area contributed by atoms with Gasteiger partial charge in [0.05, 0.1) is 0 Å². The summed E-state index contributed by atoms with van der Waals surface area (Å²) in [6.07, 6.45) is 0.910. The van der Waals surface area contributed by atoms with Gasteiger partial charge in [-0.15, -0.1) is 0 Å². The molecule has 0 unspecified atom stereocenters. The van der Waals surface area contributed by atoms with Crippen molar-refractivity contribution in [3.63, 3.8) is 0 Å². The SMILES string of the molecule is NC(=O)C(=O)NC[C@@H]1CCN(Cc2ccccc2F)C1.